The van der Waals surface area contributed by atoms with Crippen molar-refractivity contribution in [2.45, 2.75) is 20.4 Å². The van der Waals surface area contributed by atoms with Crippen LogP contribution in [-0.4, -0.2) is 13.1 Å². The highest BCUT2D eigenvalue weighted by atomic mass is 79.9. The van der Waals surface area contributed by atoms with Crippen molar-refractivity contribution >= 4 is 27.3 Å². The van der Waals surface area contributed by atoms with E-state index in [1.54, 1.807) is 12.1 Å². The second kappa shape index (κ2) is 7.57. The monoisotopic (exact) mass is 350 g/mol. The summed E-state index contributed by atoms with van der Waals surface area (Å²) in [5, 5.41) is 3.31. The fourth-order valence-electron chi connectivity index (χ4n) is 2.27. The summed E-state index contributed by atoms with van der Waals surface area (Å²) in [6.45, 7) is 6.71. The van der Waals surface area contributed by atoms with E-state index in [2.05, 4.69) is 58.2 Å². The first-order valence-corrected chi connectivity index (χ1v) is 7.97. The molecule has 2 nitrogen and oxygen atoms in total. The minimum Gasteiger partial charge on any atom is -0.342 e. The highest BCUT2D eigenvalue weighted by Gasteiger charge is 2.10. The summed E-state index contributed by atoms with van der Waals surface area (Å²) in [4.78, 5) is 2.09. The van der Waals surface area contributed by atoms with Crippen LogP contribution in [0.25, 0.3) is 0 Å². The maximum atomic E-state index is 13.4. The van der Waals surface area contributed by atoms with Crippen LogP contribution in [0.5, 0.6) is 0 Å². The Morgan fingerprint density at radius 3 is 2.48 bits per heavy atom. The van der Waals surface area contributed by atoms with E-state index >= 15 is 0 Å². The molecular formula is C17H20BrFN2. The second-order valence-corrected chi connectivity index (χ2v) is 5.63. The second-order valence-electron chi connectivity index (χ2n) is 4.78. The zero-order valence-corrected chi connectivity index (χ0v) is 14.0. The topological polar surface area (TPSA) is 15.3 Å². The molecule has 0 bridgehead atoms. The van der Waals surface area contributed by atoms with E-state index in [1.807, 2.05) is 6.07 Å². The number of hydrogen-bond donors (Lipinski definition) is 1. The lowest BCUT2D eigenvalue weighted by Crippen LogP contribution is -2.17. The van der Waals surface area contributed by atoms with Crippen molar-refractivity contribution in [2.24, 2.45) is 0 Å². The van der Waals surface area contributed by atoms with Crippen LogP contribution in [0.15, 0.2) is 46.9 Å². The van der Waals surface area contributed by atoms with E-state index in [-0.39, 0.29) is 5.82 Å². The highest BCUT2D eigenvalue weighted by Crippen LogP contribution is 2.29. The number of nitrogens with one attached hydrogen (secondary N) is 1. The number of hydrogen-bond acceptors (Lipinski definition) is 2. The molecule has 0 atom stereocenters. The first-order valence-electron chi connectivity index (χ1n) is 7.18. The fourth-order valence-corrected chi connectivity index (χ4v) is 2.77. The van der Waals surface area contributed by atoms with Crippen molar-refractivity contribution in [1.29, 1.82) is 0 Å². The molecule has 0 aliphatic carbocycles. The Kier molecular flexibility index (Phi) is 5.76. The zero-order chi connectivity index (χ0) is 15.2. The minimum absolute atomic E-state index is 0.214. The SMILES string of the molecule is CCNCc1ccc(N(CC)c2cccc(F)c2)cc1Br. The van der Waals surface area contributed by atoms with E-state index in [0.717, 1.165) is 35.5 Å². The molecule has 0 radical (unpaired) electrons. The van der Waals surface area contributed by atoms with E-state index in [0.29, 0.717) is 0 Å². The van der Waals surface area contributed by atoms with Gasteiger partial charge in [0.15, 0.2) is 0 Å². The van der Waals surface area contributed by atoms with Gasteiger partial charge in [0.25, 0.3) is 0 Å². The van der Waals surface area contributed by atoms with Crippen LogP contribution in [0.1, 0.15) is 19.4 Å². The van der Waals surface area contributed by atoms with Crippen molar-refractivity contribution in [3.8, 4) is 0 Å². The molecule has 2 aromatic carbocycles. The van der Waals surface area contributed by atoms with E-state index in [4.69, 9.17) is 0 Å². The summed E-state index contributed by atoms with van der Waals surface area (Å²) in [5.41, 5.74) is 3.13. The van der Waals surface area contributed by atoms with Crippen molar-refractivity contribution in [3.05, 3.63) is 58.3 Å². The Bertz CT molecular complexity index is 601. The molecule has 0 aliphatic heterocycles. The van der Waals surface area contributed by atoms with Gasteiger partial charge in [-0.15, -0.1) is 0 Å². The molecule has 4 heteroatoms. The molecule has 2 rings (SSSR count). The number of halogens is 2. The molecule has 21 heavy (non-hydrogen) atoms. The smallest absolute Gasteiger partial charge is 0.125 e. The Labute approximate surface area is 134 Å². The van der Waals surface area contributed by atoms with Crippen LogP contribution < -0.4 is 10.2 Å². The Morgan fingerprint density at radius 2 is 1.86 bits per heavy atom. The molecule has 1 N–H and O–H groups in total. The molecule has 0 aliphatic rings. The van der Waals surface area contributed by atoms with E-state index in [1.165, 1.54) is 11.6 Å². The normalized spacial score (nSPS) is 10.7. The first kappa shape index (κ1) is 16.0. The van der Waals surface area contributed by atoms with Gasteiger partial charge < -0.3 is 10.2 Å². The third kappa shape index (κ3) is 4.05. The molecule has 2 aromatic rings. The molecule has 112 valence electrons. The predicted molar refractivity (Wildman–Crippen MR) is 90.6 cm³/mol. The fraction of sp³-hybridized carbons (Fsp3) is 0.294. The number of nitrogens with zero attached hydrogens (tertiary/aromatic N) is 1. The largest absolute Gasteiger partial charge is 0.342 e. The van der Waals surface area contributed by atoms with Crippen LogP contribution in [0.4, 0.5) is 15.8 Å². The molecule has 0 unspecified atom stereocenters. The van der Waals surface area contributed by atoms with Gasteiger partial charge in [0.2, 0.25) is 0 Å². The number of rotatable bonds is 6. The van der Waals surface area contributed by atoms with Crippen molar-refractivity contribution in [1.82, 2.24) is 5.32 Å². The van der Waals surface area contributed by atoms with Crippen LogP contribution in [-0.2, 0) is 6.54 Å². The molecule has 0 aromatic heterocycles. The molecular weight excluding hydrogens is 331 g/mol. The van der Waals surface area contributed by atoms with E-state index < -0.39 is 0 Å². The quantitative estimate of drug-likeness (QED) is 0.800. The van der Waals surface area contributed by atoms with Crippen LogP contribution in [0, 0.1) is 5.82 Å². The standard InChI is InChI=1S/C17H20BrFN2/c1-3-20-12-13-8-9-16(11-17(13)18)21(4-2)15-7-5-6-14(19)10-15/h5-11,20H,3-4,12H2,1-2H3. The van der Waals surface area contributed by atoms with Gasteiger partial charge >= 0.3 is 0 Å². The van der Waals surface area contributed by atoms with Crippen molar-refractivity contribution < 1.29 is 4.39 Å². The average Bonchev–Trinajstić information content (AvgIpc) is 2.47. The Hall–Kier alpha value is -1.39. The van der Waals surface area contributed by atoms with Gasteiger partial charge in [-0.3, -0.25) is 0 Å². The van der Waals surface area contributed by atoms with Gasteiger partial charge in [0.1, 0.15) is 5.82 Å². The average molecular weight is 351 g/mol. The van der Waals surface area contributed by atoms with Gasteiger partial charge in [0, 0.05) is 28.9 Å². The summed E-state index contributed by atoms with van der Waals surface area (Å²) in [5.74, 6) is -0.214. The molecule has 0 saturated heterocycles. The Balaban J connectivity index is 2.28. The number of anilines is 2. The highest BCUT2D eigenvalue weighted by molar-refractivity contribution is 9.10. The third-order valence-electron chi connectivity index (χ3n) is 3.35. The van der Waals surface area contributed by atoms with Crippen LogP contribution in [0.2, 0.25) is 0 Å². The first-order chi connectivity index (χ1) is 10.2. The molecule has 0 spiro atoms. The lowest BCUT2D eigenvalue weighted by Gasteiger charge is -2.24. The summed E-state index contributed by atoms with van der Waals surface area (Å²) in [6, 6.07) is 12.9. The summed E-state index contributed by atoms with van der Waals surface area (Å²) in [6.07, 6.45) is 0. The molecule has 0 amide bonds. The van der Waals surface area contributed by atoms with Gasteiger partial charge in [-0.2, -0.15) is 0 Å². The maximum Gasteiger partial charge on any atom is 0.125 e. The Morgan fingerprint density at radius 1 is 1.10 bits per heavy atom. The number of benzene rings is 2. The van der Waals surface area contributed by atoms with Crippen LogP contribution in [0.3, 0.4) is 0 Å². The maximum absolute atomic E-state index is 13.4. The van der Waals surface area contributed by atoms with Crippen LogP contribution >= 0.6 is 15.9 Å². The predicted octanol–water partition coefficient (Wildman–Crippen LogP) is 4.86. The summed E-state index contributed by atoms with van der Waals surface area (Å²) < 4.78 is 14.5. The summed E-state index contributed by atoms with van der Waals surface area (Å²) in [7, 11) is 0. The molecule has 0 saturated carbocycles. The van der Waals surface area contributed by atoms with Crippen molar-refractivity contribution in [3.63, 3.8) is 0 Å². The molecule has 0 fully saturated rings. The third-order valence-corrected chi connectivity index (χ3v) is 4.09. The van der Waals surface area contributed by atoms with Crippen molar-refractivity contribution in [2.75, 3.05) is 18.0 Å². The lowest BCUT2D eigenvalue weighted by molar-refractivity contribution is 0.627. The van der Waals surface area contributed by atoms with Gasteiger partial charge in [-0.1, -0.05) is 35.0 Å². The summed E-state index contributed by atoms with van der Waals surface area (Å²) >= 11 is 3.62. The minimum atomic E-state index is -0.214. The van der Waals surface area contributed by atoms with Gasteiger partial charge in [0.05, 0.1) is 0 Å². The lowest BCUT2D eigenvalue weighted by atomic mass is 10.1. The molecule has 0 heterocycles. The van der Waals surface area contributed by atoms with Gasteiger partial charge in [-0.25, -0.2) is 4.39 Å². The van der Waals surface area contributed by atoms with Gasteiger partial charge in [-0.05, 0) is 49.4 Å². The van der Waals surface area contributed by atoms with E-state index in [9.17, 15) is 4.39 Å². The zero-order valence-electron chi connectivity index (χ0n) is 12.4.